The average Bonchev–Trinajstić information content (AvgIpc) is 2.84. The number of ketones is 1. The summed E-state index contributed by atoms with van der Waals surface area (Å²) in [5.74, 6) is 1.24. The van der Waals surface area contributed by atoms with Crippen LogP contribution in [0, 0.1) is 11.8 Å². The van der Waals surface area contributed by atoms with Gasteiger partial charge in [0.05, 0.1) is 5.52 Å². The highest BCUT2D eigenvalue weighted by atomic mass is 16.1. The Morgan fingerprint density at radius 2 is 1.95 bits per heavy atom. The van der Waals surface area contributed by atoms with Gasteiger partial charge in [-0.25, -0.2) is 0 Å². The van der Waals surface area contributed by atoms with E-state index in [0.29, 0.717) is 5.69 Å². The Hall–Kier alpha value is -1.64. The molecule has 106 valence electrons. The van der Waals surface area contributed by atoms with Gasteiger partial charge in [-0.2, -0.15) is 5.10 Å². The maximum atomic E-state index is 12.7. The summed E-state index contributed by atoms with van der Waals surface area (Å²) in [6, 6.07) is 8.00. The van der Waals surface area contributed by atoms with Crippen molar-refractivity contribution in [3.05, 3.63) is 30.0 Å². The number of rotatable bonds is 3. The SMILES string of the molecule is CCC1CCC(C(=O)c2nn(C)c3ccccc23)CC1. The molecule has 3 rings (SSSR count). The Morgan fingerprint density at radius 3 is 2.65 bits per heavy atom. The molecule has 0 spiro atoms. The summed E-state index contributed by atoms with van der Waals surface area (Å²) in [5.41, 5.74) is 1.71. The first-order chi connectivity index (χ1) is 9.70. The van der Waals surface area contributed by atoms with Gasteiger partial charge >= 0.3 is 0 Å². The lowest BCUT2D eigenvalue weighted by Crippen LogP contribution is -2.22. The Labute approximate surface area is 120 Å². The lowest BCUT2D eigenvalue weighted by molar-refractivity contribution is 0.0866. The van der Waals surface area contributed by atoms with Gasteiger partial charge in [-0.3, -0.25) is 9.48 Å². The molecule has 1 aliphatic rings. The number of Topliss-reactive ketones (excluding diaryl/α,β-unsaturated/α-hetero) is 1. The number of hydrogen-bond donors (Lipinski definition) is 0. The maximum absolute atomic E-state index is 12.7. The first kappa shape index (κ1) is 13.3. The highest BCUT2D eigenvalue weighted by Gasteiger charge is 2.28. The first-order valence-electron chi connectivity index (χ1n) is 7.66. The van der Waals surface area contributed by atoms with Crippen LogP contribution in [0.5, 0.6) is 0 Å². The minimum Gasteiger partial charge on any atom is -0.292 e. The molecule has 1 aliphatic carbocycles. The van der Waals surface area contributed by atoms with Gasteiger partial charge in [0.2, 0.25) is 0 Å². The zero-order chi connectivity index (χ0) is 14.1. The predicted molar refractivity (Wildman–Crippen MR) is 80.8 cm³/mol. The molecule has 0 N–H and O–H groups in total. The van der Waals surface area contributed by atoms with Crippen molar-refractivity contribution in [3.63, 3.8) is 0 Å². The normalized spacial score (nSPS) is 23.1. The van der Waals surface area contributed by atoms with Gasteiger partial charge in [0.1, 0.15) is 5.69 Å². The van der Waals surface area contributed by atoms with Crippen LogP contribution in [-0.2, 0) is 7.05 Å². The van der Waals surface area contributed by atoms with Crippen molar-refractivity contribution in [2.24, 2.45) is 18.9 Å². The van der Waals surface area contributed by atoms with Gasteiger partial charge in [-0.1, -0.05) is 31.5 Å². The predicted octanol–water partition coefficient (Wildman–Crippen LogP) is 3.97. The molecule has 1 saturated carbocycles. The van der Waals surface area contributed by atoms with Gasteiger partial charge in [-0.15, -0.1) is 0 Å². The zero-order valence-electron chi connectivity index (χ0n) is 12.3. The van der Waals surface area contributed by atoms with Crippen LogP contribution in [0.1, 0.15) is 49.5 Å². The van der Waals surface area contributed by atoms with E-state index in [1.165, 1.54) is 19.3 Å². The zero-order valence-corrected chi connectivity index (χ0v) is 12.3. The second-order valence-corrected chi connectivity index (χ2v) is 5.98. The molecule has 0 amide bonds. The number of aryl methyl sites for hydroxylation is 1. The fraction of sp³-hybridized carbons (Fsp3) is 0.529. The third-order valence-electron chi connectivity index (χ3n) is 4.79. The van der Waals surface area contributed by atoms with Gasteiger partial charge in [0.15, 0.2) is 5.78 Å². The maximum Gasteiger partial charge on any atom is 0.186 e. The van der Waals surface area contributed by atoms with Crippen molar-refractivity contribution >= 4 is 16.7 Å². The van der Waals surface area contributed by atoms with Crippen molar-refractivity contribution in [1.29, 1.82) is 0 Å². The van der Waals surface area contributed by atoms with E-state index in [1.807, 2.05) is 36.0 Å². The quantitative estimate of drug-likeness (QED) is 0.791. The number of nitrogens with zero attached hydrogens (tertiary/aromatic N) is 2. The van der Waals surface area contributed by atoms with E-state index in [1.54, 1.807) is 0 Å². The molecule has 3 nitrogen and oxygen atoms in total. The smallest absolute Gasteiger partial charge is 0.186 e. The molecule has 0 atom stereocenters. The Morgan fingerprint density at radius 1 is 1.25 bits per heavy atom. The van der Waals surface area contributed by atoms with Crippen molar-refractivity contribution in [2.45, 2.75) is 39.0 Å². The summed E-state index contributed by atoms with van der Waals surface area (Å²) in [5, 5.41) is 5.47. The molecule has 1 heterocycles. The fourth-order valence-electron chi connectivity index (χ4n) is 3.42. The topological polar surface area (TPSA) is 34.9 Å². The van der Waals surface area contributed by atoms with E-state index >= 15 is 0 Å². The van der Waals surface area contributed by atoms with E-state index in [9.17, 15) is 4.79 Å². The van der Waals surface area contributed by atoms with Crippen LogP contribution >= 0.6 is 0 Å². The van der Waals surface area contributed by atoms with Crippen LogP contribution in [-0.4, -0.2) is 15.6 Å². The molecule has 0 aliphatic heterocycles. The number of carbonyl (C=O) groups is 1. The average molecular weight is 270 g/mol. The Kier molecular flexibility index (Phi) is 3.60. The fourth-order valence-corrected chi connectivity index (χ4v) is 3.42. The number of benzene rings is 1. The summed E-state index contributed by atoms with van der Waals surface area (Å²) in [6.45, 7) is 2.25. The summed E-state index contributed by atoms with van der Waals surface area (Å²) in [6.07, 6.45) is 5.69. The standard InChI is InChI=1S/C17H22N2O/c1-3-12-8-10-13(11-9-12)17(20)16-14-6-4-5-7-15(14)19(2)18-16/h4-7,12-13H,3,8-11H2,1-2H3. The minimum absolute atomic E-state index is 0.177. The van der Waals surface area contributed by atoms with Crippen LogP contribution in [0.3, 0.4) is 0 Å². The van der Waals surface area contributed by atoms with Crippen molar-refractivity contribution in [1.82, 2.24) is 9.78 Å². The second kappa shape index (κ2) is 5.39. The third-order valence-corrected chi connectivity index (χ3v) is 4.79. The van der Waals surface area contributed by atoms with E-state index in [4.69, 9.17) is 0 Å². The van der Waals surface area contributed by atoms with E-state index in [2.05, 4.69) is 12.0 Å². The number of fused-ring (bicyclic) bond motifs is 1. The molecule has 1 aromatic heterocycles. The highest BCUT2D eigenvalue weighted by molar-refractivity contribution is 6.07. The molecule has 2 aromatic rings. The molecule has 20 heavy (non-hydrogen) atoms. The number of carbonyl (C=O) groups excluding carboxylic acids is 1. The third kappa shape index (κ3) is 2.26. The molecule has 1 aromatic carbocycles. The summed E-state index contributed by atoms with van der Waals surface area (Å²) in [7, 11) is 1.91. The number of aromatic nitrogens is 2. The van der Waals surface area contributed by atoms with Crippen LogP contribution in [0.15, 0.2) is 24.3 Å². The molecular weight excluding hydrogens is 248 g/mol. The molecule has 0 saturated heterocycles. The van der Waals surface area contributed by atoms with Crippen LogP contribution in [0.25, 0.3) is 10.9 Å². The number of hydrogen-bond acceptors (Lipinski definition) is 2. The highest BCUT2D eigenvalue weighted by Crippen LogP contribution is 2.33. The number of para-hydroxylation sites is 1. The monoisotopic (exact) mass is 270 g/mol. The molecular formula is C17H22N2O. The second-order valence-electron chi connectivity index (χ2n) is 5.98. The lowest BCUT2D eigenvalue weighted by Gasteiger charge is -2.26. The lowest BCUT2D eigenvalue weighted by atomic mass is 9.78. The van der Waals surface area contributed by atoms with Crippen molar-refractivity contribution in [3.8, 4) is 0 Å². The van der Waals surface area contributed by atoms with Crippen molar-refractivity contribution in [2.75, 3.05) is 0 Å². The summed E-state index contributed by atoms with van der Waals surface area (Å²) in [4.78, 5) is 12.7. The van der Waals surface area contributed by atoms with Crippen LogP contribution in [0.2, 0.25) is 0 Å². The van der Waals surface area contributed by atoms with Gasteiger partial charge < -0.3 is 0 Å². The van der Waals surface area contributed by atoms with Gasteiger partial charge in [0, 0.05) is 18.4 Å². The van der Waals surface area contributed by atoms with Crippen LogP contribution in [0.4, 0.5) is 0 Å². The molecule has 3 heteroatoms. The summed E-state index contributed by atoms with van der Waals surface area (Å²) < 4.78 is 1.82. The molecule has 1 fully saturated rings. The molecule has 0 radical (unpaired) electrons. The largest absolute Gasteiger partial charge is 0.292 e. The van der Waals surface area contributed by atoms with E-state index < -0.39 is 0 Å². The molecule has 0 unspecified atom stereocenters. The first-order valence-corrected chi connectivity index (χ1v) is 7.66. The minimum atomic E-state index is 0.177. The van der Waals surface area contributed by atoms with Gasteiger partial charge in [-0.05, 0) is 37.7 Å². The summed E-state index contributed by atoms with van der Waals surface area (Å²) >= 11 is 0. The Balaban J connectivity index is 1.86. The van der Waals surface area contributed by atoms with E-state index in [-0.39, 0.29) is 11.7 Å². The van der Waals surface area contributed by atoms with Crippen LogP contribution < -0.4 is 0 Å². The van der Waals surface area contributed by atoms with Crippen molar-refractivity contribution < 1.29 is 4.79 Å². The van der Waals surface area contributed by atoms with E-state index in [0.717, 1.165) is 29.7 Å². The molecule has 0 bridgehead atoms. The van der Waals surface area contributed by atoms with Gasteiger partial charge in [0.25, 0.3) is 0 Å². The Bertz CT molecular complexity index is 621.